The number of carbonyl (C=O) groups excluding carboxylic acids is 1. The fourth-order valence-corrected chi connectivity index (χ4v) is 1.91. The van der Waals surface area contributed by atoms with Crippen molar-refractivity contribution in [2.75, 3.05) is 13.3 Å². The molecule has 0 aliphatic rings. The van der Waals surface area contributed by atoms with Crippen LogP contribution in [0.4, 0.5) is 0 Å². The number of hydrogen-bond acceptors (Lipinski definition) is 3. The second-order valence-corrected chi connectivity index (χ2v) is 5.78. The summed E-state index contributed by atoms with van der Waals surface area (Å²) in [5.74, 6) is -0.839. The summed E-state index contributed by atoms with van der Waals surface area (Å²) in [6.07, 6.45) is 2.51. The first-order valence-electron chi connectivity index (χ1n) is 6.03. The van der Waals surface area contributed by atoms with Gasteiger partial charge in [0.25, 0.3) is 0 Å². The summed E-state index contributed by atoms with van der Waals surface area (Å²) in [5.41, 5.74) is 1.19. The van der Waals surface area contributed by atoms with E-state index in [-0.39, 0.29) is 11.5 Å². The highest BCUT2D eigenvalue weighted by atomic mass is 32.2. The Morgan fingerprint density at radius 3 is 2.37 bits per heavy atom. The van der Waals surface area contributed by atoms with Gasteiger partial charge in [0, 0.05) is 25.3 Å². The molecule has 1 aromatic carbocycles. The maximum atomic E-state index is 11.9. The summed E-state index contributed by atoms with van der Waals surface area (Å²) in [5, 5.41) is 9.11. The normalized spacial score (nSPS) is 11.9. The second-order valence-electron chi connectivity index (χ2n) is 4.50. The molecule has 1 aromatic rings. The van der Waals surface area contributed by atoms with Crippen LogP contribution in [0.2, 0.25) is 0 Å². The minimum Gasteiger partial charge on any atom is -0.478 e. The van der Waals surface area contributed by atoms with Crippen molar-refractivity contribution in [2.24, 2.45) is 0 Å². The average Bonchev–Trinajstić information content (AvgIpc) is 2.38. The molecule has 0 aromatic heterocycles. The first kappa shape index (κ1) is 15.6. The third-order valence-electron chi connectivity index (χ3n) is 2.91. The molecule has 0 saturated heterocycles. The number of benzene rings is 1. The summed E-state index contributed by atoms with van der Waals surface area (Å²) in [6.45, 7) is 2.53. The third-order valence-corrected chi connectivity index (χ3v) is 3.88. The molecule has 1 atom stereocenters. The van der Waals surface area contributed by atoms with Gasteiger partial charge in [-0.15, -0.1) is 0 Å². The van der Waals surface area contributed by atoms with Crippen molar-refractivity contribution in [3.63, 3.8) is 0 Å². The molecule has 1 rings (SSSR count). The molecule has 19 heavy (non-hydrogen) atoms. The van der Waals surface area contributed by atoms with Gasteiger partial charge in [-0.3, -0.25) is 4.79 Å². The van der Waals surface area contributed by atoms with Crippen molar-refractivity contribution in [3.05, 3.63) is 35.4 Å². The Morgan fingerprint density at radius 2 is 1.89 bits per heavy atom. The van der Waals surface area contributed by atoms with Gasteiger partial charge in [0.2, 0.25) is 5.91 Å². The highest BCUT2D eigenvalue weighted by Gasteiger charge is 2.13. The van der Waals surface area contributed by atoms with Crippen LogP contribution < -0.4 is 0 Å². The fraction of sp³-hybridized carbons (Fsp3) is 0.429. The van der Waals surface area contributed by atoms with Gasteiger partial charge in [-0.1, -0.05) is 19.1 Å². The van der Waals surface area contributed by atoms with Gasteiger partial charge < -0.3 is 10.0 Å². The van der Waals surface area contributed by atoms with Crippen LogP contribution >= 0.6 is 11.8 Å². The van der Waals surface area contributed by atoms with Crippen molar-refractivity contribution >= 4 is 23.6 Å². The maximum Gasteiger partial charge on any atom is 0.335 e. The molecule has 1 N–H and O–H groups in total. The van der Waals surface area contributed by atoms with E-state index in [0.29, 0.717) is 18.2 Å². The van der Waals surface area contributed by atoms with Gasteiger partial charge in [-0.2, -0.15) is 11.8 Å². The molecule has 0 aliphatic heterocycles. The summed E-state index contributed by atoms with van der Waals surface area (Å²) in [4.78, 5) is 24.3. The van der Waals surface area contributed by atoms with Gasteiger partial charge in [-0.25, -0.2) is 4.79 Å². The maximum absolute atomic E-state index is 11.9. The average molecular weight is 281 g/mol. The first-order chi connectivity index (χ1) is 8.93. The molecular weight excluding hydrogens is 262 g/mol. The summed E-state index contributed by atoms with van der Waals surface area (Å²) in [7, 11) is 1.76. The molecule has 1 amide bonds. The van der Waals surface area contributed by atoms with E-state index in [0.717, 1.165) is 5.56 Å². The van der Waals surface area contributed by atoms with Gasteiger partial charge in [0.1, 0.15) is 0 Å². The number of nitrogens with zero attached hydrogens (tertiary/aromatic N) is 1. The number of carbonyl (C=O) groups is 2. The zero-order valence-corrected chi connectivity index (χ0v) is 12.2. The molecule has 0 saturated carbocycles. The fourth-order valence-electron chi connectivity index (χ4n) is 1.60. The van der Waals surface area contributed by atoms with E-state index < -0.39 is 5.97 Å². The lowest BCUT2D eigenvalue weighted by Gasteiger charge is -2.19. The Morgan fingerprint density at radius 1 is 1.32 bits per heavy atom. The number of carboxylic acid groups (broad SMARTS) is 1. The molecule has 1 unspecified atom stereocenters. The van der Waals surface area contributed by atoms with Crippen LogP contribution in [-0.2, 0) is 11.3 Å². The van der Waals surface area contributed by atoms with Crippen LogP contribution in [0.3, 0.4) is 0 Å². The SMILES string of the molecule is CSC(C)CC(=O)N(C)Cc1ccc(C(=O)O)cc1. The molecule has 0 bridgehead atoms. The molecule has 0 spiro atoms. The molecule has 5 heteroatoms. The quantitative estimate of drug-likeness (QED) is 0.870. The standard InChI is InChI=1S/C14H19NO3S/c1-10(19-3)8-13(16)15(2)9-11-4-6-12(7-5-11)14(17)18/h4-7,10H,8-9H2,1-3H3,(H,17,18). The van der Waals surface area contributed by atoms with Crippen molar-refractivity contribution in [1.29, 1.82) is 0 Å². The predicted octanol–water partition coefficient (Wildman–Crippen LogP) is 2.48. The van der Waals surface area contributed by atoms with Crippen molar-refractivity contribution in [2.45, 2.75) is 25.1 Å². The lowest BCUT2D eigenvalue weighted by molar-refractivity contribution is -0.130. The third kappa shape index (κ3) is 4.95. The summed E-state index contributed by atoms with van der Waals surface area (Å²) in [6, 6.07) is 6.59. The largest absolute Gasteiger partial charge is 0.478 e. The number of amides is 1. The molecule has 104 valence electrons. The van der Waals surface area contributed by atoms with Crippen LogP contribution in [0.1, 0.15) is 29.3 Å². The molecule has 0 aliphatic carbocycles. The topological polar surface area (TPSA) is 57.6 Å². The number of rotatable bonds is 6. The zero-order valence-electron chi connectivity index (χ0n) is 11.4. The van der Waals surface area contributed by atoms with E-state index >= 15 is 0 Å². The van der Waals surface area contributed by atoms with Gasteiger partial charge in [-0.05, 0) is 24.0 Å². The number of carboxylic acids is 1. The number of hydrogen-bond donors (Lipinski definition) is 1. The van der Waals surface area contributed by atoms with Crippen LogP contribution in [0.25, 0.3) is 0 Å². The minimum atomic E-state index is -0.940. The predicted molar refractivity (Wildman–Crippen MR) is 77.5 cm³/mol. The highest BCUT2D eigenvalue weighted by Crippen LogP contribution is 2.13. The van der Waals surface area contributed by atoms with Crippen molar-refractivity contribution < 1.29 is 14.7 Å². The Labute approximate surface area is 117 Å². The molecule has 4 nitrogen and oxygen atoms in total. The Kier molecular flexibility index (Phi) is 5.89. The van der Waals surface area contributed by atoms with Crippen LogP contribution in [-0.4, -0.2) is 40.4 Å². The van der Waals surface area contributed by atoms with Gasteiger partial charge >= 0.3 is 5.97 Å². The van der Waals surface area contributed by atoms with Crippen LogP contribution in [0.15, 0.2) is 24.3 Å². The number of aromatic carboxylic acids is 1. The van der Waals surface area contributed by atoms with Gasteiger partial charge in [0.05, 0.1) is 5.56 Å². The van der Waals surface area contributed by atoms with Gasteiger partial charge in [0.15, 0.2) is 0 Å². The van der Waals surface area contributed by atoms with Crippen LogP contribution in [0, 0.1) is 0 Å². The number of thioether (sulfide) groups is 1. The van der Waals surface area contributed by atoms with E-state index in [1.54, 1.807) is 48.0 Å². The second kappa shape index (κ2) is 7.19. The molecule has 0 heterocycles. The summed E-state index contributed by atoms with van der Waals surface area (Å²) < 4.78 is 0. The summed E-state index contributed by atoms with van der Waals surface area (Å²) >= 11 is 1.67. The Balaban J connectivity index is 2.58. The Bertz CT molecular complexity index is 445. The lowest BCUT2D eigenvalue weighted by atomic mass is 10.1. The highest BCUT2D eigenvalue weighted by molar-refractivity contribution is 7.99. The van der Waals surface area contributed by atoms with E-state index in [1.807, 2.05) is 13.2 Å². The van der Waals surface area contributed by atoms with E-state index in [2.05, 4.69) is 0 Å². The van der Waals surface area contributed by atoms with Crippen molar-refractivity contribution in [3.8, 4) is 0 Å². The first-order valence-corrected chi connectivity index (χ1v) is 7.31. The lowest BCUT2D eigenvalue weighted by Crippen LogP contribution is -2.28. The monoisotopic (exact) mass is 281 g/mol. The molecule has 0 radical (unpaired) electrons. The minimum absolute atomic E-state index is 0.101. The van der Waals surface area contributed by atoms with E-state index in [9.17, 15) is 9.59 Å². The van der Waals surface area contributed by atoms with Crippen LogP contribution in [0.5, 0.6) is 0 Å². The van der Waals surface area contributed by atoms with Crippen molar-refractivity contribution in [1.82, 2.24) is 4.90 Å². The smallest absolute Gasteiger partial charge is 0.335 e. The Hall–Kier alpha value is -1.49. The van der Waals surface area contributed by atoms with E-state index in [4.69, 9.17) is 5.11 Å². The van der Waals surface area contributed by atoms with E-state index in [1.165, 1.54) is 0 Å². The zero-order chi connectivity index (χ0) is 14.4. The molecular formula is C14H19NO3S. The molecule has 0 fully saturated rings.